The van der Waals surface area contributed by atoms with E-state index in [0.29, 0.717) is 19.3 Å². The summed E-state index contributed by atoms with van der Waals surface area (Å²) in [6.07, 6.45) is 92.9. The molecule has 0 spiro atoms. The van der Waals surface area contributed by atoms with Crippen molar-refractivity contribution in [3.05, 3.63) is 97.2 Å². The first-order chi connectivity index (χ1) is 40.0. The molecule has 0 saturated heterocycles. The number of hydrogen-bond donors (Lipinski definition) is 0. The van der Waals surface area contributed by atoms with E-state index in [4.69, 9.17) is 14.2 Å². The molecule has 81 heavy (non-hydrogen) atoms. The van der Waals surface area contributed by atoms with Gasteiger partial charge in [-0.05, 0) is 103 Å². The van der Waals surface area contributed by atoms with Gasteiger partial charge in [0.1, 0.15) is 13.2 Å². The number of carbonyl (C=O) groups is 3. The van der Waals surface area contributed by atoms with Gasteiger partial charge in [0, 0.05) is 19.3 Å². The lowest BCUT2D eigenvalue weighted by molar-refractivity contribution is -0.167. The Hall–Kier alpha value is -3.67. The molecule has 0 radical (unpaired) electrons. The first-order valence-electron chi connectivity index (χ1n) is 34.7. The molecule has 6 nitrogen and oxygen atoms in total. The quantitative estimate of drug-likeness (QED) is 0.0261. The second kappa shape index (κ2) is 68.8. The van der Waals surface area contributed by atoms with E-state index in [9.17, 15) is 14.4 Å². The van der Waals surface area contributed by atoms with Crippen LogP contribution in [0.3, 0.4) is 0 Å². The molecular formula is C75H130O6. The van der Waals surface area contributed by atoms with Gasteiger partial charge in [0.15, 0.2) is 6.10 Å². The SMILES string of the molecule is CC/C=C\C/C=C\C/C=C\C/C=C\C/C=C\C/C=C\C/C=C\CCCCCCCCCCCCCCCC(=O)OCC(COC(=O)CCCCCCCCCCCCC)OC(=O)CCCCCCCCC/C=C\CCCCCCCC. The van der Waals surface area contributed by atoms with Crippen molar-refractivity contribution in [2.75, 3.05) is 13.2 Å². The van der Waals surface area contributed by atoms with E-state index < -0.39 is 6.10 Å². The first kappa shape index (κ1) is 77.3. The Balaban J connectivity index is 4.15. The molecule has 0 amide bonds. The molecule has 0 bridgehead atoms. The maximum atomic E-state index is 12.9. The molecule has 0 aromatic carbocycles. The minimum atomic E-state index is -0.777. The van der Waals surface area contributed by atoms with Gasteiger partial charge in [0.05, 0.1) is 0 Å². The number of esters is 3. The van der Waals surface area contributed by atoms with Crippen LogP contribution in [0.25, 0.3) is 0 Å². The van der Waals surface area contributed by atoms with Crippen molar-refractivity contribution in [3.63, 3.8) is 0 Å². The fourth-order valence-corrected chi connectivity index (χ4v) is 9.89. The smallest absolute Gasteiger partial charge is 0.306 e. The third-order valence-corrected chi connectivity index (χ3v) is 15.1. The molecule has 0 aliphatic rings. The summed E-state index contributed by atoms with van der Waals surface area (Å²) in [5.74, 6) is -0.865. The number of unbranched alkanes of at least 4 members (excludes halogenated alkanes) is 36. The summed E-state index contributed by atoms with van der Waals surface area (Å²) in [6.45, 7) is 6.55. The zero-order valence-electron chi connectivity index (χ0n) is 53.5. The van der Waals surface area contributed by atoms with Crippen LogP contribution < -0.4 is 0 Å². The summed E-state index contributed by atoms with van der Waals surface area (Å²) in [4.78, 5) is 38.3. The van der Waals surface area contributed by atoms with Crippen molar-refractivity contribution in [3.8, 4) is 0 Å². The summed E-state index contributed by atoms with van der Waals surface area (Å²) in [5, 5.41) is 0. The largest absolute Gasteiger partial charge is 0.462 e. The molecule has 0 aromatic rings. The Morgan fingerprint density at radius 2 is 0.481 bits per heavy atom. The number of carbonyl (C=O) groups excluding carboxylic acids is 3. The summed E-state index contributed by atoms with van der Waals surface area (Å²) < 4.78 is 16.9. The molecule has 0 fully saturated rings. The van der Waals surface area contributed by atoms with Gasteiger partial charge in [0.2, 0.25) is 0 Å². The predicted molar refractivity (Wildman–Crippen MR) is 353 cm³/mol. The standard InChI is InChI=1S/C75H130O6/c1-4-7-10-13-16-19-22-24-26-28-29-30-31-32-33-34-35-36-37-38-39-40-41-42-43-44-45-47-48-50-53-56-59-62-65-68-74(77)80-71-72(70-79-73(76)67-64-61-58-55-52-21-18-15-12-9-6-3)81-75(78)69-66-63-60-57-54-51-49-46-27-25-23-20-17-14-11-8-5-2/h7,10,16,19,24-27,29-30,32-33,35-36,38-39,72H,4-6,8-9,11-15,17-18,20-23,28,31,34,37,40-71H2,1-3H3/b10-7-,19-16-,26-24-,27-25-,30-29-,33-32-,36-35-,39-38-. The van der Waals surface area contributed by atoms with Gasteiger partial charge in [-0.25, -0.2) is 0 Å². The minimum absolute atomic E-state index is 0.0742. The highest BCUT2D eigenvalue weighted by atomic mass is 16.6. The van der Waals surface area contributed by atoms with Crippen LogP contribution in [0.1, 0.15) is 342 Å². The van der Waals surface area contributed by atoms with Crippen LogP contribution in [-0.2, 0) is 28.6 Å². The highest BCUT2D eigenvalue weighted by molar-refractivity contribution is 5.71. The van der Waals surface area contributed by atoms with E-state index in [2.05, 4.69) is 118 Å². The van der Waals surface area contributed by atoms with Crippen LogP contribution in [0.4, 0.5) is 0 Å². The van der Waals surface area contributed by atoms with E-state index in [1.165, 1.54) is 199 Å². The Kier molecular flexibility index (Phi) is 65.7. The van der Waals surface area contributed by atoms with Gasteiger partial charge in [0.25, 0.3) is 0 Å². The summed E-state index contributed by atoms with van der Waals surface area (Å²) >= 11 is 0. The van der Waals surface area contributed by atoms with Crippen molar-refractivity contribution >= 4 is 17.9 Å². The van der Waals surface area contributed by atoms with E-state index in [1.54, 1.807) is 0 Å². The Bertz CT molecular complexity index is 1580. The minimum Gasteiger partial charge on any atom is -0.462 e. The molecular weight excluding hydrogens is 997 g/mol. The third-order valence-electron chi connectivity index (χ3n) is 15.1. The van der Waals surface area contributed by atoms with E-state index >= 15 is 0 Å². The molecule has 466 valence electrons. The Morgan fingerprint density at radius 3 is 0.765 bits per heavy atom. The summed E-state index contributed by atoms with van der Waals surface area (Å²) in [6, 6.07) is 0. The maximum absolute atomic E-state index is 12.9. The fraction of sp³-hybridized carbons (Fsp3) is 0.747. The normalized spacial score (nSPS) is 12.7. The van der Waals surface area contributed by atoms with E-state index in [-0.39, 0.29) is 31.1 Å². The molecule has 6 heteroatoms. The lowest BCUT2D eigenvalue weighted by atomic mass is 10.0. The molecule has 0 aliphatic heterocycles. The molecule has 0 aromatic heterocycles. The zero-order valence-corrected chi connectivity index (χ0v) is 53.5. The van der Waals surface area contributed by atoms with Gasteiger partial charge in [-0.1, -0.05) is 317 Å². The monoisotopic (exact) mass is 1130 g/mol. The number of rotatable bonds is 63. The van der Waals surface area contributed by atoms with Crippen molar-refractivity contribution in [1.29, 1.82) is 0 Å². The van der Waals surface area contributed by atoms with Crippen LogP contribution in [0.15, 0.2) is 97.2 Å². The number of ether oxygens (including phenoxy) is 3. The van der Waals surface area contributed by atoms with Gasteiger partial charge >= 0.3 is 17.9 Å². The van der Waals surface area contributed by atoms with Gasteiger partial charge in [-0.3, -0.25) is 14.4 Å². The van der Waals surface area contributed by atoms with Crippen LogP contribution >= 0.6 is 0 Å². The molecule has 0 aliphatic carbocycles. The van der Waals surface area contributed by atoms with Crippen molar-refractivity contribution in [2.24, 2.45) is 0 Å². The van der Waals surface area contributed by atoms with Crippen molar-refractivity contribution < 1.29 is 28.6 Å². The van der Waals surface area contributed by atoms with Crippen molar-refractivity contribution in [1.82, 2.24) is 0 Å². The third kappa shape index (κ3) is 67.0. The van der Waals surface area contributed by atoms with Crippen LogP contribution in [0.5, 0.6) is 0 Å². The lowest BCUT2D eigenvalue weighted by Gasteiger charge is -2.18. The highest BCUT2D eigenvalue weighted by Crippen LogP contribution is 2.17. The topological polar surface area (TPSA) is 78.9 Å². The molecule has 1 atom stereocenters. The summed E-state index contributed by atoms with van der Waals surface area (Å²) in [7, 11) is 0. The molecule has 1 unspecified atom stereocenters. The lowest BCUT2D eigenvalue weighted by Crippen LogP contribution is -2.30. The Morgan fingerprint density at radius 1 is 0.259 bits per heavy atom. The van der Waals surface area contributed by atoms with E-state index in [1.807, 2.05) is 0 Å². The van der Waals surface area contributed by atoms with Crippen LogP contribution in [-0.4, -0.2) is 37.2 Å². The zero-order chi connectivity index (χ0) is 58.5. The predicted octanol–water partition coefficient (Wildman–Crippen LogP) is 24.0. The number of hydrogen-bond acceptors (Lipinski definition) is 6. The fourth-order valence-electron chi connectivity index (χ4n) is 9.89. The second-order valence-electron chi connectivity index (χ2n) is 23.1. The molecule has 0 N–H and O–H groups in total. The molecule has 0 heterocycles. The summed E-state index contributed by atoms with van der Waals surface area (Å²) in [5.41, 5.74) is 0. The van der Waals surface area contributed by atoms with Gasteiger partial charge < -0.3 is 14.2 Å². The maximum Gasteiger partial charge on any atom is 0.306 e. The molecule has 0 rings (SSSR count). The van der Waals surface area contributed by atoms with Crippen LogP contribution in [0, 0.1) is 0 Å². The molecule has 0 saturated carbocycles. The van der Waals surface area contributed by atoms with Crippen LogP contribution in [0.2, 0.25) is 0 Å². The average molecular weight is 1130 g/mol. The average Bonchev–Trinajstić information content (AvgIpc) is 3.47. The number of allylic oxidation sites excluding steroid dienone is 16. The van der Waals surface area contributed by atoms with E-state index in [0.717, 1.165) is 103 Å². The Labute approximate surface area is 502 Å². The van der Waals surface area contributed by atoms with Crippen molar-refractivity contribution in [2.45, 2.75) is 348 Å². The van der Waals surface area contributed by atoms with Gasteiger partial charge in [-0.15, -0.1) is 0 Å². The second-order valence-corrected chi connectivity index (χ2v) is 23.1. The van der Waals surface area contributed by atoms with Gasteiger partial charge in [-0.2, -0.15) is 0 Å². The highest BCUT2D eigenvalue weighted by Gasteiger charge is 2.19. The first-order valence-corrected chi connectivity index (χ1v) is 34.7.